The lowest BCUT2D eigenvalue weighted by Crippen LogP contribution is -2.14. The molecule has 0 bridgehead atoms. The maximum Gasteiger partial charge on any atom is 0.338 e. The van der Waals surface area contributed by atoms with Gasteiger partial charge in [-0.05, 0) is 24.3 Å². The molecule has 1 aliphatic rings. The van der Waals surface area contributed by atoms with Crippen molar-refractivity contribution in [1.82, 2.24) is 0 Å². The van der Waals surface area contributed by atoms with Gasteiger partial charge in [0.25, 0.3) is 0 Å². The van der Waals surface area contributed by atoms with Gasteiger partial charge in [-0.1, -0.05) is 18.2 Å². The van der Waals surface area contributed by atoms with Crippen LogP contribution < -0.4 is 10.5 Å². The molecule has 5 heteroatoms. The van der Waals surface area contributed by atoms with Crippen LogP contribution in [0.25, 0.3) is 0 Å². The molecule has 0 saturated carbocycles. The van der Waals surface area contributed by atoms with Gasteiger partial charge in [-0.25, -0.2) is 9.18 Å². The molecule has 0 saturated heterocycles. The van der Waals surface area contributed by atoms with E-state index in [1.165, 1.54) is 12.1 Å². The van der Waals surface area contributed by atoms with Gasteiger partial charge in [0.15, 0.2) is 0 Å². The number of benzene rings is 2. The SMILES string of the molecule is Nc1ccc(C(=O)OCC2COc3ccccc32)cc1F. The molecule has 0 spiro atoms. The number of hydrogen-bond acceptors (Lipinski definition) is 4. The van der Waals surface area contributed by atoms with Crippen molar-refractivity contribution < 1.29 is 18.7 Å². The normalized spacial score (nSPS) is 16.1. The second kappa shape index (κ2) is 5.44. The number of nitrogens with two attached hydrogens (primary N) is 1. The fraction of sp³-hybridized carbons (Fsp3) is 0.188. The quantitative estimate of drug-likeness (QED) is 0.696. The Morgan fingerprint density at radius 3 is 2.95 bits per heavy atom. The first-order valence-corrected chi connectivity index (χ1v) is 6.59. The van der Waals surface area contributed by atoms with Gasteiger partial charge in [0, 0.05) is 5.56 Å². The number of esters is 1. The fourth-order valence-electron chi connectivity index (χ4n) is 2.28. The minimum Gasteiger partial charge on any atom is -0.493 e. The summed E-state index contributed by atoms with van der Waals surface area (Å²) in [6.07, 6.45) is 0. The maximum atomic E-state index is 13.3. The van der Waals surface area contributed by atoms with E-state index in [1.807, 2.05) is 24.3 Å². The average molecular weight is 287 g/mol. The second-order valence-corrected chi connectivity index (χ2v) is 4.88. The number of ether oxygens (including phenoxy) is 2. The van der Waals surface area contributed by atoms with Gasteiger partial charge in [0.1, 0.15) is 18.2 Å². The Balaban J connectivity index is 1.66. The van der Waals surface area contributed by atoms with Crippen molar-refractivity contribution >= 4 is 11.7 Å². The fourth-order valence-corrected chi connectivity index (χ4v) is 2.28. The van der Waals surface area contributed by atoms with Crippen LogP contribution in [0.1, 0.15) is 21.8 Å². The van der Waals surface area contributed by atoms with E-state index in [4.69, 9.17) is 15.2 Å². The highest BCUT2D eigenvalue weighted by Crippen LogP contribution is 2.33. The highest BCUT2D eigenvalue weighted by atomic mass is 19.1. The summed E-state index contributed by atoms with van der Waals surface area (Å²) in [4.78, 5) is 11.9. The molecule has 2 aromatic rings. The Hall–Kier alpha value is -2.56. The molecular weight excluding hydrogens is 273 g/mol. The summed E-state index contributed by atoms with van der Waals surface area (Å²) in [5.41, 5.74) is 6.55. The average Bonchev–Trinajstić information content (AvgIpc) is 2.91. The molecule has 2 aromatic carbocycles. The van der Waals surface area contributed by atoms with Crippen molar-refractivity contribution in [3.8, 4) is 5.75 Å². The topological polar surface area (TPSA) is 61.6 Å². The molecule has 1 aliphatic heterocycles. The van der Waals surface area contributed by atoms with Crippen molar-refractivity contribution in [3.63, 3.8) is 0 Å². The van der Waals surface area contributed by atoms with Crippen LogP contribution in [0.3, 0.4) is 0 Å². The molecule has 0 radical (unpaired) electrons. The van der Waals surface area contributed by atoms with Crippen LogP contribution in [-0.4, -0.2) is 19.2 Å². The first-order chi connectivity index (χ1) is 10.1. The number of fused-ring (bicyclic) bond motifs is 1. The summed E-state index contributed by atoms with van der Waals surface area (Å²) in [6.45, 7) is 0.671. The minimum atomic E-state index is -0.626. The van der Waals surface area contributed by atoms with Crippen LogP contribution >= 0.6 is 0 Å². The van der Waals surface area contributed by atoms with Crippen LogP contribution in [-0.2, 0) is 4.74 Å². The van der Waals surface area contributed by atoms with Gasteiger partial charge in [0.05, 0.1) is 23.8 Å². The summed E-state index contributed by atoms with van der Waals surface area (Å²) in [5.74, 6) is -0.377. The predicted octanol–water partition coefficient (Wildman–Crippen LogP) is 2.74. The first kappa shape index (κ1) is 13.4. The molecule has 0 amide bonds. The third-order valence-corrected chi connectivity index (χ3v) is 3.45. The van der Waals surface area contributed by atoms with E-state index in [0.717, 1.165) is 17.4 Å². The maximum absolute atomic E-state index is 13.3. The highest BCUT2D eigenvalue weighted by molar-refractivity contribution is 5.89. The van der Waals surface area contributed by atoms with Crippen molar-refractivity contribution in [2.45, 2.75) is 5.92 Å². The molecule has 1 heterocycles. The lowest BCUT2D eigenvalue weighted by Gasteiger charge is -2.10. The van der Waals surface area contributed by atoms with Crippen molar-refractivity contribution in [2.24, 2.45) is 0 Å². The van der Waals surface area contributed by atoms with Gasteiger partial charge in [0.2, 0.25) is 0 Å². The summed E-state index contributed by atoms with van der Waals surface area (Å²) in [6, 6.07) is 11.5. The van der Waals surface area contributed by atoms with E-state index in [-0.39, 0.29) is 23.8 Å². The Morgan fingerprint density at radius 1 is 1.33 bits per heavy atom. The van der Waals surface area contributed by atoms with Gasteiger partial charge in [-0.3, -0.25) is 0 Å². The zero-order valence-electron chi connectivity index (χ0n) is 11.2. The van der Waals surface area contributed by atoms with Crippen molar-refractivity contribution in [1.29, 1.82) is 0 Å². The standard InChI is InChI=1S/C16H14FNO3/c17-13-7-10(5-6-14(13)18)16(19)21-9-11-8-20-15-4-2-1-3-12(11)15/h1-7,11H,8-9,18H2. The minimum absolute atomic E-state index is 0.00350. The molecular formula is C16H14FNO3. The molecule has 1 atom stereocenters. The van der Waals surface area contributed by atoms with Gasteiger partial charge < -0.3 is 15.2 Å². The molecule has 1 unspecified atom stereocenters. The van der Waals surface area contributed by atoms with E-state index in [2.05, 4.69) is 0 Å². The number of carbonyl (C=O) groups is 1. The molecule has 2 N–H and O–H groups in total. The van der Waals surface area contributed by atoms with E-state index < -0.39 is 11.8 Å². The summed E-state index contributed by atoms with van der Waals surface area (Å²) in [5, 5.41) is 0. The molecule has 21 heavy (non-hydrogen) atoms. The lowest BCUT2D eigenvalue weighted by molar-refractivity contribution is 0.0470. The van der Waals surface area contributed by atoms with Crippen LogP contribution in [0.4, 0.5) is 10.1 Å². The van der Waals surface area contributed by atoms with E-state index in [9.17, 15) is 9.18 Å². The first-order valence-electron chi connectivity index (χ1n) is 6.59. The highest BCUT2D eigenvalue weighted by Gasteiger charge is 2.25. The molecule has 0 aliphatic carbocycles. The molecule has 108 valence electrons. The zero-order chi connectivity index (χ0) is 14.8. The van der Waals surface area contributed by atoms with Crippen molar-refractivity contribution in [3.05, 3.63) is 59.4 Å². The number of nitrogen functional groups attached to an aromatic ring is 1. The van der Waals surface area contributed by atoms with Gasteiger partial charge >= 0.3 is 5.97 Å². The molecule has 0 fully saturated rings. The third kappa shape index (κ3) is 2.67. The Labute approximate surface area is 121 Å². The Bertz CT molecular complexity index is 687. The number of carbonyl (C=O) groups excluding carboxylic acids is 1. The summed E-state index contributed by atoms with van der Waals surface area (Å²) >= 11 is 0. The summed E-state index contributed by atoms with van der Waals surface area (Å²) < 4.78 is 24.1. The second-order valence-electron chi connectivity index (χ2n) is 4.88. The number of para-hydroxylation sites is 1. The van der Waals surface area contributed by atoms with Crippen LogP contribution in [0.15, 0.2) is 42.5 Å². The summed E-state index contributed by atoms with van der Waals surface area (Å²) in [7, 11) is 0. The van der Waals surface area contributed by atoms with Gasteiger partial charge in [-0.2, -0.15) is 0 Å². The Morgan fingerprint density at radius 2 is 2.14 bits per heavy atom. The third-order valence-electron chi connectivity index (χ3n) is 3.45. The van der Waals surface area contributed by atoms with Crippen LogP contribution in [0, 0.1) is 5.82 Å². The monoisotopic (exact) mass is 287 g/mol. The van der Waals surface area contributed by atoms with Gasteiger partial charge in [-0.15, -0.1) is 0 Å². The molecule has 4 nitrogen and oxygen atoms in total. The van der Waals surface area contributed by atoms with Crippen molar-refractivity contribution in [2.75, 3.05) is 18.9 Å². The Kier molecular flexibility index (Phi) is 3.48. The predicted molar refractivity (Wildman–Crippen MR) is 75.8 cm³/mol. The van der Waals surface area contributed by atoms with Crippen LogP contribution in [0.2, 0.25) is 0 Å². The lowest BCUT2D eigenvalue weighted by atomic mass is 10.0. The number of halogens is 1. The van der Waals surface area contributed by atoms with E-state index in [0.29, 0.717) is 6.61 Å². The number of anilines is 1. The number of hydrogen-bond donors (Lipinski definition) is 1. The zero-order valence-corrected chi connectivity index (χ0v) is 11.2. The van der Waals surface area contributed by atoms with Crippen LogP contribution in [0.5, 0.6) is 5.75 Å². The smallest absolute Gasteiger partial charge is 0.338 e. The molecule has 0 aromatic heterocycles. The molecule has 3 rings (SSSR count). The largest absolute Gasteiger partial charge is 0.493 e. The number of rotatable bonds is 3. The van der Waals surface area contributed by atoms with E-state index >= 15 is 0 Å². The van der Waals surface area contributed by atoms with E-state index in [1.54, 1.807) is 0 Å².